The number of benzene rings is 2. The molecule has 28 heavy (non-hydrogen) atoms. The number of hydrogen-bond acceptors (Lipinski definition) is 4. The van der Waals surface area contributed by atoms with Gasteiger partial charge < -0.3 is 25.0 Å². The number of methoxy groups -OCH3 is 2. The number of carbonyl (C=O) groups is 2. The molecule has 2 aromatic rings. The summed E-state index contributed by atoms with van der Waals surface area (Å²) in [5.74, 6) is 0.705. The average molecular weight is 387 g/mol. The van der Waals surface area contributed by atoms with E-state index in [1.165, 1.54) is 26.4 Å². The number of anilines is 2. The van der Waals surface area contributed by atoms with Crippen molar-refractivity contribution in [2.24, 2.45) is 5.92 Å². The van der Waals surface area contributed by atoms with Gasteiger partial charge in [0.1, 0.15) is 17.3 Å². The molecule has 1 aliphatic rings. The fourth-order valence-corrected chi connectivity index (χ4v) is 3.08. The zero-order chi connectivity index (χ0) is 20.1. The van der Waals surface area contributed by atoms with E-state index >= 15 is 0 Å². The lowest BCUT2D eigenvalue weighted by molar-refractivity contribution is -0.117. The van der Waals surface area contributed by atoms with Crippen LogP contribution in [0.15, 0.2) is 42.5 Å². The second-order valence-corrected chi connectivity index (χ2v) is 6.49. The number of hydrogen-bond donors (Lipinski definition) is 2. The topological polar surface area (TPSA) is 79.9 Å². The van der Waals surface area contributed by atoms with Crippen LogP contribution in [0.1, 0.15) is 6.42 Å². The first kappa shape index (κ1) is 19.5. The summed E-state index contributed by atoms with van der Waals surface area (Å²) in [5, 5.41) is 5.50. The van der Waals surface area contributed by atoms with Gasteiger partial charge in [-0.2, -0.15) is 0 Å². The monoisotopic (exact) mass is 387 g/mol. The molecule has 7 nitrogen and oxygen atoms in total. The van der Waals surface area contributed by atoms with Gasteiger partial charge in [0.2, 0.25) is 5.91 Å². The summed E-state index contributed by atoms with van der Waals surface area (Å²) in [4.78, 5) is 26.0. The van der Waals surface area contributed by atoms with Crippen LogP contribution in [0, 0.1) is 11.7 Å². The van der Waals surface area contributed by atoms with Gasteiger partial charge in [0.25, 0.3) is 0 Å². The van der Waals surface area contributed by atoms with Crippen molar-refractivity contribution in [3.63, 3.8) is 0 Å². The molecule has 0 radical (unpaired) electrons. The highest BCUT2D eigenvalue weighted by Crippen LogP contribution is 2.26. The Kier molecular flexibility index (Phi) is 5.98. The number of ether oxygens (including phenoxy) is 2. The lowest BCUT2D eigenvalue weighted by Gasteiger charge is -2.17. The van der Waals surface area contributed by atoms with E-state index in [2.05, 4.69) is 10.6 Å². The zero-order valence-corrected chi connectivity index (χ0v) is 15.7. The van der Waals surface area contributed by atoms with Crippen molar-refractivity contribution in [2.45, 2.75) is 6.42 Å². The summed E-state index contributed by atoms with van der Waals surface area (Å²) < 4.78 is 23.4. The van der Waals surface area contributed by atoms with Crippen molar-refractivity contribution in [2.75, 3.05) is 37.5 Å². The number of nitrogens with one attached hydrogen (secondary N) is 2. The first-order valence-electron chi connectivity index (χ1n) is 8.82. The summed E-state index contributed by atoms with van der Waals surface area (Å²) in [7, 11) is 3.06. The molecule has 2 N–H and O–H groups in total. The van der Waals surface area contributed by atoms with Gasteiger partial charge in [0.05, 0.1) is 14.2 Å². The molecule has 3 rings (SSSR count). The first-order valence-corrected chi connectivity index (χ1v) is 8.82. The Morgan fingerprint density at radius 2 is 1.79 bits per heavy atom. The molecule has 0 aliphatic carbocycles. The maximum Gasteiger partial charge on any atom is 0.319 e. The number of nitrogens with zero attached hydrogens (tertiary/aromatic N) is 1. The van der Waals surface area contributed by atoms with Crippen molar-refractivity contribution < 1.29 is 23.5 Å². The molecule has 148 valence electrons. The smallest absolute Gasteiger partial charge is 0.319 e. The highest BCUT2D eigenvalue weighted by molar-refractivity contribution is 5.96. The van der Waals surface area contributed by atoms with Crippen molar-refractivity contribution in [1.82, 2.24) is 5.32 Å². The molecule has 2 aromatic carbocycles. The minimum atomic E-state index is -0.386. The molecule has 1 unspecified atom stereocenters. The van der Waals surface area contributed by atoms with Gasteiger partial charge in [-0.3, -0.25) is 4.79 Å². The average Bonchev–Trinajstić information content (AvgIpc) is 3.07. The minimum absolute atomic E-state index is 0.0249. The van der Waals surface area contributed by atoms with Gasteiger partial charge in [-0.25, -0.2) is 9.18 Å². The van der Waals surface area contributed by atoms with Crippen molar-refractivity contribution in [3.05, 3.63) is 48.3 Å². The van der Waals surface area contributed by atoms with Crippen molar-refractivity contribution >= 4 is 23.3 Å². The Labute approximate surface area is 162 Å². The van der Waals surface area contributed by atoms with E-state index in [4.69, 9.17) is 9.47 Å². The Balaban J connectivity index is 1.54. The standard InChI is InChI=1S/C20H22FN3O4/c1-27-17-8-15(9-18(10-17)28-2)23-20(26)22-11-13-7-19(25)24(12-13)16-5-3-14(21)4-6-16/h3-6,8-10,13H,7,11-12H2,1-2H3,(H2,22,23,26). The maximum absolute atomic E-state index is 13.1. The van der Waals surface area contributed by atoms with Crippen LogP contribution in [-0.4, -0.2) is 39.2 Å². The molecule has 0 aromatic heterocycles. The van der Waals surface area contributed by atoms with Crippen LogP contribution in [0.5, 0.6) is 11.5 Å². The summed E-state index contributed by atoms with van der Waals surface area (Å²) in [6.45, 7) is 0.814. The summed E-state index contributed by atoms with van der Waals surface area (Å²) in [6.07, 6.45) is 0.324. The Morgan fingerprint density at radius 3 is 2.39 bits per heavy atom. The van der Waals surface area contributed by atoms with Gasteiger partial charge in [0.15, 0.2) is 0 Å². The molecular formula is C20H22FN3O4. The van der Waals surface area contributed by atoms with E-state index in [-0.39, 0.29) is 23.7 Å². The van der Waals surface area contributed by atoms with Crippen molar-refractivity contribution in [1.29, 1.82) is 0 Å². The second kappa shape index (κ2) is 8.60. The predicted octanol–water partition coefficient (Wildman–Crippen LogP) is 3.02. The normalized spacial score (nSPS) is 16.0. The molecule has 1 fully saturated rings. The van der Waals surface area contributed by atoms with Crippen LogP contribution in [0.2, 0.25) is 0 Å². The van der Waals surface area contributed by atoms with Gasteiger partial charge >= 0.3 is 6.03 Å². The van der Waals surface area contributed by atoms with Gasteiger partial charge in [-0.05, 0) is 24.3 Å². The molecule has 1 atom stereocenters. The molecular weight excluding hydrogens is 365 g/mol. The van der Waals surface area contributed by atoms with E-state index in [9.17, 15) is 14.0 Å². The van der Waals surface area contributed by atoms with E-state index in [0.29, 0.717) is 42.4 Å². The van der Waals surface area contributed by atoms with Gasteiger partial charge in [0, 0.05) is 55.0 Å². The van der Waals surface area contributed by atoms with Crippen molar-refractivity contribution in [3.8, 4) is 11.5 Å². The Bertz CT molecular complexity index is 835. The minimum Gasteiger partial charge on any atom is -0.497 e. The first-order chi connectivity index (χ1) is 13.5. The molecule has 1 saturated heterocycles. The third-order valence-electron chi connectivity index (χ3n) is 4.50. The molecule has 0 saturated carbocycles. The van der Waals surface area contributed by atoms with Gasteiger partial charge in [-0.15, -0.1) is 0 Å². The number of halogens is 1. The lowest BCUT2D eigenvalue weighted by Crippen LogP contribution is -2.34. The highest BCUT2D eigenvalue weighted by Gasteiger charge is 2.30. The number of rotatable bonds is 6. The SMILES string of the molecule is COc1cc(NC(=O)NCC2CC(=O)N(c3ccc(F)cc3)C2)cc(OC)c1. The quantitative estimate of drug-likeness (QED) is 0.799. The van der Waals surface area contributed by atoms with Gasteiger partial charge in [-0.1, -0.05) is 0 Å². The van der Waals surface area contributed by atoms with Crippen LogP contribution in [0.3, 0.4) is 0 Å². The molecule has 1 heterocycles. The van der Waals surface area contributed by atoms with Crippen LogP contribution in [0.4, 0.5) is 20.6 Å². The fraction of sp³-hybridized carbons (Fsp3) is 0.300. The molecule has 0 spiro atoms. The lowest BCUT2D eigenvalue weighted by atomic mass is 10.1. The molecule has 0 bridgehead atoms. The number of carbonyl (C=O) groups excluding carboxylic acids is 2. The third kappa shape index (κ3) is 4.70. The molecule has 3 amide bonds. The third-order valence-corrected chi connectivity index (χ3v) is 4.50. The Hall–Kier alpha value is -3.29. The van der Waals surface area contributed by atoms with Crippen LogP contribution < -0.4 is 25.0 Å². The van der Waals surface area contributed by atoms with Crippen LogP contribution in [-0.2, 0) is 4.79 Å². The number of amides is 3. The summed E-state index contributed by atoms with van der Waals surface area (Å²) in [5.41, 5.74) is 1.19. The largest absolute Gasteiger partial charge is 0.497 e. The van der Waals surface area contributed by atoms with E-state index in [0.717, 1.165) is 0 Å². The predicted molar refractivity (Wildman–Crippen MR) is 103 cm³/mol. The Morgan fingerprint density at radius 1 is 1.14 bits per heavy atom. The van der Waals surface area contributed by atoms with Crippen LogP contribution >= 0.6 is 0 Å². The summed E-state index contributed by atoms with van der Waals surface area (Å²) in [6, 6.07) is 10.5. The van der Waals surface area contributed by atoms with E-state index in [1.807, 2.05) is 0 Å². The summed E-state index contributed by atoms with van der Waals surface area (Å²) >= 11 is 0. The van der Waals surface area contributed by atoms with E-state index < -0.39 is 0 Å². The second-order valence-electron chi connectivity index (χ2n) is 6.49. The van der Waals surface area contributed by atoms with Crippen LogP contribution in [0.25, 0.3) is 0 Å². The maximum atomic E-state index is 13.1. The molecule has 8 heteroatoms. The van der Waals surface area contributed by atoms with E-state index in [1.54, 1.807) is 35.2 Å². The number of urea groups is 1. The zero-order valence-electron chi connectivity index (χ0n) is 15.7. The highest BCUT2D eigenvalue weighted by atomic mass is 19.1. The fourth-order valence-electron chi connectivity index (χ4n) is 3.08. The molecule has 1 aliphatic heterocycles.